The number of anilines is 1. The van der Waals surface area contributed by atoms with E-state index in [0.29, 0.717) is 4.99 Å². The molecule has 108 valence electrons. The molecular formula is C16H22N2OS. The first-order valence-corrected chi connectivity index (χ1v) is 7.57. The fraction of sp³-hybridized carbons (Fsp3) is 0.500. The molecule has 0 spiro atoms. The fourth-order valence-electron chi connectivity index (χ4n) is 2.76. The monoisotopic (exact) mass is 290 g/mol. The normalized spacial score (nSPS) is 22.3. The Morgan fingerprint density at radius 2 is 1.75 bits per heavy atom. The highest BCUT2D eigenvalue weighted by molar-refractivity contribution is 7.80. The van der Waals surface area contributed by atoms with Crippen molar-refractivity contribution < 1.29 is 4.79 Å². The van der Waals surface area contributed by atoms with Crippen molar-refractivity contribution in [2.24, 2.45) is 17.6 Å². The second-order valence-electron chi connectivity index (χ2n) is 5.77. The Balaban J connectivity index is 2.04. The zero-order valence-corrected chi connectivity index (χ0v) is 13.0. The van der Waals surface area contributed by atoms with Gasteiger partial charge in [-0.15, -0.1) is 0 Å². The van der Waals surface area contributed by atoms with Crippen molar-refractivity contribution in [3.05, 3.63) is 29.8 Å². The molecule has 0 saturated heterocycles. The Labute approximate surface area is 126 Å². The van der Waals surface area contributed by atoms with Gasteiger partial charge in [0.05, 0.1) is 0 Å². The summed E-state index contributed by atoms with van der Waals surface area (Å²) < 4.78 is 0. The lowest BCUT2D eigenvalue weighted by Gasteiger charge is -2.29. The van der Waals surface area contributed by atoms with Crippen LogP contribution in [0.25, 0.3) is 0 Å². The number of hydrogen-bond donors (Lipinski definition) is 1. The molecule has 0 heterocycles. The van der Waals surface area contributed by atoms with Crippen LogP contribution >= 0.6 is 12.2 Å². The molecule has 1 aromatic rings. The van der Waals surface area contributed by atoms with Gasteiger partial charge in [0.25, 0.3) is 0 Å². The number of amides is 1. The molecule has 0 atom stereocenters. The number of nitrogens with two attached hydrogens (primary N) is 1. The zero-order valence-electron chi connectivity index (χ0n) is 12.1. The van der Waals surface area contributed by atoms with E-state index in [1.54, 1.807) is 4.90 Å². The van der Waals surface area contributed by atoms with Crippen molar-refractivity contribution in [1.82, 2.24) is 0 Å². The Morgan fingerprint density at radius 3 is 2.25 bits per heavy atom. The highest BCUT2D eigenvalue weighted by Gasteiger charge is 2.27. The lowest BCUT2D eigenvalue weighted by molar-refractivity contribution is -0.123. The topological polar surface area (TPSA) is 46.3 Å². The molecular weight excluding hydrogens is 268 g/mol. The number of benzene rings is 1. The van der Waals surface area contributed by atoms with Gasteiger partial charge in [-0.25, -0.2) is 0 Å². The number of carbonyl (C=O) groups excluding carboxylic acids is 1. The summed E-state index contributed by atoms with van der Waals surface area (Å²) in [4.78, 5) is 14.6. The van der Waals surface area contributed by atoms with Gasteiger partial charge in [-0.3, -0.25) is 4.79 Å². The smallest absolute Gasteiger partial charge is 0.229 e. The Kier molecular flexibility index (Phi) is 4.76. The summed E-state index contributed by atoms with van der Waals surface area (Å²) in [5.41, 5.74) is 7.31. The summed E-state index contributed by atoms with van der Waals surface area (Å²) in [5.74, 6) is 1.15. The number of nitrogens with zero attached hydrogens (tertiary/aromatic N) is 1. The molecule has 1 amide bonds. The fourth-order valence-corrected chi connectivity index (χ4v) is 2.89. The zero-order chi connectivity index (χ0) is 14.7. The minimum absolute atomic E-state index is 0.173. The predicted octanol–water partition coefficient (Wildman–Crippen LogP) is 3.11. The largest absolute Gasteiger partial charge is 0.389 e. The average Bonchev–Trinajstić information content (AvgIpc) is 2.46. The van der Waals surface area contributed by atoms with Crippen LogP contribution in [0.3, 0.4) is 0 Å². The molecule has 2 N–H and O–H groups in total. The van der Waals surface area contributed by atoms with Crippen LogP contribution < -0.4 is 10.6 Å². The van der Waals surface area contributed by atoms with Crippen molar-refractivity contribution >= 4 is 28.8 Å². The minimum Gasteiger partial charge on any atom is -0.389 e. The molecule has 1 aliphatic carbocycles. The Bertz CT molecular complexity index is 490. The SMILES string of the molecule is CC1CCC(C(=O)N(C)c2ccc(C(N)=S)cc2)CC1. The van der Waals surface area contributed by atoms with Gasteiger partial charge in [-0.2, -0.15) is 0 Å². The molecule has 0 radical (unpaired) electrons. The Morgan fingerprint density at radius 1 is 1.20 bits per heavy atom. The molecule has 2 rings (SSSR count). The van der Waals surface area contributed by atoms with Crippen LogP contribution in [0, 0.1) is 11.8 Å². The lowest BCUT2D eigenvalue weighted by atomic mass is 9.82. The number of hydrogen-bond acceptors (Lipinski definition) is 2. The van der Waals surface area contributed by atoms with Gasteiger partial charge in [0.2, 0.25) is 5.91 Å². The molecule has 0 unspecified atom stereocenters. The number of thiocarbonyl (C=S) groups is 1. The van der Waals surface area contributed by atoms with E-state index >= 15 is 0 Å². The summed E-state index contributed by atoms with van der Waals surface area (Å²) in [6, 6.07) is 7.53. The van der Waals surface area contributed by atoms with Gasteiger partial charge in [-0.1, -0.05) is 19.1 Å². The van der Waals surface area contributed by atoms with Gasteiger partial charge in [-0.05, 0) is 55.9 Å². The summed E-state index contributed by atoms with van der Waals surface area (Å²) in [6.07, 6.45) is 4.33. The third-order valence-corrected chi connectivity index (χ3v) is 4.47. The quantitative estimate of drug-likeness (QED) is 0.870. The molecule has 0 aliphatic heterocycles. The first-order chi connectivity index (χ1) is 9.49. The second kappa shape index (κ2) is 6.35. The molecule has 1 saturated carbocycles. The molecule has 1 aliphatic rings. The summed E-state index contributed by atoms with van der Waals surface area (Å²) in [6.45, 7) is 2.26. The molecule has 1 aromatic carbocycles. The first kappa shape index (κ1) is 15.0. The van der Waals surface area contributed by atoms with Gasteiger partial charge >= 0.3 is 0 Å². The molecule has 1 fully saturated rings. The van der Waals surface area contributed by atoms with Crippen LogP contribution in [0.2, 0.25) is 0 Å². The lowest BCUT2D eigenvalue weighted by Crippen LogP contribution is -2.34. The van der Waals surface area contributed by atoms with Crippen LogP contribution in [0.4, 0.5) is 5.69 Å². The van der Waals surface area contributed by atoms with Crippen molar-refractivity contribution in [3.8, 4) is 0 Å². The van der Waals surface area contributed by atoms with E-state index in [1.165, 1.54) is 0 Å². The summed E-state index contributed by atoms with van der Waals surface area (Å²) in [7, 11) is 1.84. The highest BCUT2D eigenvalue weighted by atomic mass is 32.1. The van der Waals surface area contributed by atoms with Crippen molar-refractivity contribution in [2.75, 3.05) is 11.9 Å². The van der Waals surface area contributed by atoms with Crippen LogP contribution in [-0.2, 0) is 4.79 Å². The number of rotatable bonds is 3. The first-order valence-electron chi connectivity index (χ1n) is 7.16. The maximum atomic E-state index is 12.5. The van der Waals surface area contributed by atoms with E-state index in [4.69, 9.17) is 18.0 Å². The van der Waals surface area contributed by atoms with Gasteiger partial charge in [0.15, 0.2) is 0 Å². The second-order valence-corrected chi connectivity index (χ2v) is 6.21. The van der Waals surface area contributed by atoms with E-state index in [1.807, 2.05) is 31.3 Å². The van der Waals surface area contributed by atoms with E-state index < -0.39 is 0 Å². The predicted molar refractivity (Wildman–Crippen MR) is 86.9 cm³/mol. The Hall–Kier alpha value is -1.42. The maximum Gasteiger partial charge on any atom is 0.229 e. The van der Waals surface area contributed by atoms with Crippen LogP contribution in [-0.4, -0.2) is 17.9 Å². The van der Waals surface area contributed by atoms with Crippen molar-refractivity contribution in [1.29, 1.82) is 0 Å². The minimum atomic E-state index is 0.173. The van der Waals surface area contributed by atoms with Gasteiger partial charge in [0.1, 0.15) is 4.99 Å². The standard InChI is InChI=1S/C16H22N2OS/c1-11-3-5-13(6-4-11)16(19)18(2)14-9-7-12(8-10-14)15(17)20/h7-11,13H,3-6H2,1-2H3,(H2,17,20). The van der Waals surface area contributed by atoms with Crippen LogP contribution in [0.15, 0.2) is 24.3 Å². The van der Waals surface area contributed by atoms with E-state index in [0.717, 1.165) is 42.9 Å². The van der Waals surface area contributed by atoms with E-state index in [9.17, 15) is 4.79 Å². The number of carbonyl (C=O) groups is 1. The summed E-state index contributed by atoms with van der Waals surface area (Å²) in [5, 5.41) is 0. The highest BCUT2D eigenvalue weighted by Crippen LogP contribution is 2.30. The third-order valence-electron chi connectivity index (χ3n) is 4.23. The van der Waals surface area contributed by atoms with E-state index in [-0.39, 0.29) is 11.8 Å². The van der Waals surface area contributed by atoms with E-state index in [2.05, 4.69) is 6.92 Å². The van der Waals surface area contributed by atoms with Gasteiger partial charge in [0, 0.05) is 24.2 Å². The molecule has 20 heavy (non-hydrogen) atoms. The third kappa shape index (κ3) is 3.37. The molecule has 0 bridgehead atoms. The maximum absolute atomic E-state index is 12.5. The average molecular weight is 290 g/mol. The van der Waals surface area contributed by atoms with Crippen molar-refractivity contribution in [3.63, 3.8) is 0 Å². The molecule has 3 nitrogen and oxygen atoms in total. The molecule has 4 heteroatoms. The van der Waals surface area contributed by atoms with Gasteiger partial charge < -0.3 is 10.6 Å². The van der Waals surface area contributed by atoms with Crippen molar-refractivity contribution in [2.45, 2.75) is 32.6 Å². The molecule has 0 aromatic heterocycles. The van der Waals surface area contributed by atoms with Crippen LogP contribution in [0.5, 0.6) is 0 Å². The summed E-state index contributed by atoms with van der Waals surface area (Å²) >= 11 is 4.93. The van der Waals surface area contributed by atoms with Crippen LogP contribution in [0.1, 0.15) is 38.2 Å².